The standard InChI is InChI=1S/C22H20O2/c23-16-15-21(22(24)20-9-5-2-6-10-20)19-13-11-18(12-14-19)17-7-3-1-4-8-17/h1-14,21,23H,15-16H2. The molecule has 24 heavy (non-hydrogen) atoms. The summed E-state index contributed by atoms with van der Waals surface area (Å²) >= 11 is 0. The minimum atomic E-state index is -0.317. The van der Waals surface area contributed by atoms with E-state index in [2.05, 4.69) is 12.1 Å². The maximum atomic E-state index is 12.8. The average Bonchev–Trinajstić information content (AvgIpc) is 2.67. The summed E-state index contributed by atoms with van der Waals surface area (Å²) in [5.41, 5.74) is 3.90. The smallest absolute Gasteiger partial charge is 0.170 e. The fourth-order valence-electron chi connectivity index (χ4n) is 2.92. The number of carbonyl (C=O) groups is 1. The van der Waals surface area contributed by atoms with Crippen LogP contribution in [0.1, 0.15) is 28.3 Å². The van der Waals surface area contributed by atoms with Crippen LogP contribution in [0.5, 0.6) is 0 Å². The molecule has 0 radical (unpaired) electrons. The highest BCUT2D eigenvalue weighted by Gasteiger charge is 2.21. The van der Waals surface area contributed by atoms with Crippen LogP contribution in [0.3, 0.4) is 0 Å². The fraction of sp³-hybridized carbons (Fsp3) is 0.136. The third-order valence-electron chi connectivity index (χ3n) is 4.21. The van der Waals surface area contributed by atoms with Gasteiger partial charge in [-0.2, -0.15) is 0 Å². The van der Waals surface area contributed by atoms with Crippen LogP contribution in [-0.4, -0.2) is 17.5 Å². The highest BCUT2D eigenvalue weighted by molar-refractivity contribution is 6.01. The van der Waals surface area contributed by atoms with Crippen LogP contribution in [0.4, 0.5) is 0 Å². The van der Waals surface area contributed by atoms with Crippen molar-refractivity contribution in [3.63, 3.8) is 0 Å². The number of benzene rings is 3. The molecule has 0 fully saturated rings. The molecule has 2 heteroatoms. The monoisotopic (exact) mass is 316 g/mol. The normalized spacial score (nSPS) is 11.9. The lowest BCUT2D eigenvalue weighted by Crippen LogP contribution is -2.14. The molecule has 0 saturated carbocycles. The highest BCUT2D eigenvalue weighted by atomic mass is 16.3. The van der Waals surface area contributed by atoms with Crippen molar-refractivity contribution in [1.29, 1.82) is 0 Å². The number of hydrogen-bond acceptors (Lipinski definition) is 2. The van der Waals surface area contributed by atoms with Gasteiger partial charge in [0.05, 0.1) is 0 Å². The van der Waals surface area contributed by atoms with Crippen molar-refractivity contribution in [2.45, 2.75) is 12.3 Å². The number of ketones is 1. The molecule has 0 heterocycles. The van der Waals surface area contributed by atoms with Crippen molar-refractivity contribution in [1.82, 2.24) is 0 Å². The molecule has 2 nitrogen and oxygen atoms in total. The second-order valence-electron chi connectivity index (χ2n) is 5.78. The molecule has 0 aliphatic carbocycles. The van der Waals surface area contributed by atoms with E-state index in [0.717, 1.165) is 16.7 Å². The average molecular weight is 316 g/mol. The summed E-state index contributed by atoms with van der Waals surface area (Å²) in [7, 11) is 0. The zero-order chi connectivity index (χ0) is 16.8. The first kappa shape index (κ1) is 16.2. The van der Waals surface area contributed by atoms with Crippen molar-refractivity contribution >= 4 is 5.78 Å². The number of hydrogen-bond donors (Lipinski definition) is 1. The van der Waals surface area contributed by atoms with Crippen molar-refractivity contribution < 1.29 is 9.90 Å². The molecule has 0 aliphatic heterocycles. The lowest BCUT2D eigenvalue weighted by molar-refractivity contribution is 0.0943. The third kappa shape index (κ3) is 3.61. The highest BCUT2D eigenvalue weighted by Crippen LogP contribution is 2.27. The first-order valence-electron chi connectivity index (χ1n) is 8.15. The maximum absolute atomic E-state index is 12.8. The summed E-state index contributed by atoms with van der Waals surface area (Å²) in [5, 5.41) is 9.37. The first-order chi connectivity index (χ1) is 11.8. The lowest BCUT2D eigenvalue weighted by atomic mass is 9.87. The van der Waals surface area contributed by atoms with Gasteiger partial charge < -0.3 is 5.11 Å². The van der Waals surface area contributed by atoms with Crippen LogP contribution < -0.4 is 0 Å². The van der Waals surface area contributed by atoms with Gasteiger partial charge in [-0.25, -0.2) is 0 Å². The molecular weight excluding hydrogens is 296 g/mol. The lowest BCUT2D eigenvalue weighted by Gasteiger charge is -2.16. The Balaban J connectivity index is 1.88. The van der Waals surface area contributed by atoms with Crippen LogP contribution in [0.2, 0.25) is 0 Å². The molecular formula is C22H20O2. The SMILES string of the molecule is O=C(c1ccccc1)C(CCO)c1ccc(-c2ccccc2)cc1. The molecule has 0 aromatic heterocycles. The Kier molecular flexibility index (Phi) is 5.19. The second kappa shape index (κ2) is 7.71. The van der Waals surface area contributed by atoms with Crippen LogP contribution in [0.25, 0.3) is 11.1 Å². The molecule has 120 valence electrons. The molecule has 0 amide bonds. The summed E-state index contributed by atoms with van der Waals surface area (Å²) < 4.78 is 0. The van der Waals surface area contributed by atoms with E-state index in [1.54, 1.807) is 0 Å². The summed E-state index contributed by atoms with van der Waals surface area (Å²) in [6, 6.07) is 27.5. The van der Waals surface area contributed by atoms with Gasteiger partial charge in [-0.3, -0.25) is 4.79 Å². The van der Waals surface area contributed by atoms with E-state index in [0.29, 0.717) is 12.0 Å². The minimum absolute atomic E-state index is 0.0102. The van der Waals surface area contributed by atoms with E-state index in [1.165, 1.54) is 0 Å². The molecule has 0 saturated heterocycles. The number of rotatable bonds is 6. The Morgan fingerprint density at radius 3 is 1.88 bits per heavy atom. The van der Waals surface area contributed by atoms with E-state index in [4.69, 9.17) is 0 Å². The summed E-state index contributed by atoms with van der Waals surface area (Å²) in [4.78, 5) is 12.8. The molecule has 0 aliphatic rings. The molecule has 0 bridgehead atoms. The Morgan fingerprint density at radius 1 is 0.750 bits per heavy atom. The van der Waals surface area contributed by atoms with E-state index in [1.807, 2.05) is 72.8 Å². The third-order valence-corrected chi connectivity index (χ3v) is 4.21. The van der Waals surface area contributed by atoms with Crippen molar-refractivity contribution in [3.8, 4) is 11.1 Å². The van der Waals surface area contributed by atoms with Gasteiger partial charge in [-0.05, 0) is 23.1 Å². The molecule has 3 aromatic rings. The van der Waals surface area contributed by atoms with Crippen molar-refractivity contribution in [2.24, 2.45) is 0 Å². The Labute approximate surface area is 142 Å². The minimum Gasteiger partial charge on any atom is -0.396 e. The topological polar surface area (TPSA) is 37.3 Å². The largest absolute Gasteiger partial charge is 0.396 e. The predicted octanol–water partition coefficient (Wildman–Crippen LogP) is 4.70. The quantitative estimate of drug-likeness (QED) is 0.669. The zero-order valence-electron chi connectivity index (χ0n) is 13.4. The van der Waals surface area contributed by atoms with Crippen LogP contribution in [0, 0.1) is 0 Å². The number of Topliss-reactive ketones (excluding diaryl/α,β-unsaturated/α-hetero) is 1. The second-order valence-corrected chi connectivity index (χ2v) is 5.78. The van der Waals surface area contributed by atoms with Crippen LogP contribution in [0.15, 0.2) is 84.9 Å². The van der Waals surface area contributed by atoms with E-state index in [9.17, 15) is 9.90 Å². The summed E-state index contributed by atoms with van der Waals surface area (Å²) in [6.07, 6.45) is 0.429. The first-order valence-corrected chi connectivity index (χ1v) is 8.15. The Bertz CT molecular complexity index is 777. The van der Waals surface area contributed by atoms with Gasteiger partial charge >= 0.3 is 0 Å². The van der Waals surface area contributed by atoms with Crippen LogP contribution in [-0.2, 0) is 0 Å². The molecule has 3 rings (SSSR count). The molecule has 1 unspecified atom stereocenters. The zero-order valence-corrected chi connectivity index (χ0v) is 13.4. The van der Waals surface area contributed by atoms with Crippen LogP contribution >= 0.6 is 0 Å². The Hall–Kier alpha value is -2.71. The Morgan fingerprint density at radius 2 is 1.29 bits per heavy atom. The molecule has 1 atom stereocenters. The van der Waals surface area contributed by atoms with E-state index >= 15 is 0 Å². The van der Waals surface area contributed by atoms with Crippen molar-refractivity contribution in [3.05, 3.63) is 96.1 Å². The maximum Gasteiger partial charge on any atom is 0.170 e. The van der Waals surface area contributed by atoms with Gasteiger partial charge in [0.1, 0.15) is 0 Å². The molecule has 1 N–H and O–H groups in total. The van der Waals surface area contributed by atoms with E-state index < -0.39 is 0 Å². The van der Waals surface area contributed by atoms with Gasteiger partial charge in [0.15, 0.2) is 5.78 Å². The predicted molar refractivity (Wildman–Crippen MR) is 97.1 cm³/mol. The van der Waals surface area contributed by atoms with Gasteiger partial charge in [0.25, 0.3) is 0 Å². The number of aliphatic hydroxyl groups excluding tert-OH is 1. The van der Waals surface area contributed by atoms with E-state index in [-0.39, 0.29) is 18.3 Å². The summed E-state index contributed by atoms with van der Waals surface area (Å²) in [6.45, 7) is -0.0102. The van der Waals surface area contributed by atoms with Gasteiger partial charge in [0.2, 0.25) is 0 Å². The van der Waals surface area contributed by atoms with Crippen molar-refractivity contribution in [2.75, 3.05) is 6.61 Å². The molecule has 3 aromatic carbocycles. The summed E-state index contributed by atoms with van der Waals surface area (Å²) in [5.74, 6) is -0.265. The van der Waals surface area contributed by atoms with Gasteiger partial charge in [-0.1, -0.05) is 84.9 Å². The molecule has 0 spiro atoms. The number of aliphatic hydroxyl groups is 1. The van der Waals surface area contributed by atoms with Gasteiger partial charge in [0, 0.05) is 18.1 Å². The number of carbonyl (C=O) groups excluding carboxylic acids is 1. The van der Waals surface area contributed by atoms with Gasteiger partial charge in [-0.15, -0.1) is 0 Å². The fourth-order valence-corrected chi connectivity index (χ4v) is 2.92.